The molecule has 0 aromatic carbocycles. The van der Waals surface area contributed by atoms with Gasteiger partial charge in [0.25, 0.3) is 0 Å². The van der Waals surface area contributed by atoms with Crippen molar-refractivity contribution in [3.8, 4) is 0 Å². The summed E-state index contributed by atoms with van der Waals surface area (Å²) in [5.74, 6) is 0.0537. The lowest BCUT2D eigenvalue weighted by Crippen LogP contribution is -1.98. The van der Waals surface area contributed by atoms with Gasteiger partial charge in [0.05, 0.1) is 12.1 Å². The lowest BCUT2D eigenvalue weighted by atomic mass is 10.2. The number of carbonyl (C=O) groups is 1. The SMILES string of the molecule is C/C=C/C(=O)Cc1cn(C)nn1. The van der Waals surface area contributed by atoms with Gasteiger partial charge in [-0.2, -0.15) is 0 Å². The average molecular weight is 165 g/mol. The van der Waals surface area contributed by atoms with Crippen LogP contribution in [0.3, 0.4) is 0 Å². The monoisotopic (exact) mass is 165 g/mol. The maximum atomic E-state index is 11.1. The van der Waals surface area contributed by atoms with Gasteiger partial charge in [0.15, 0.2) is 5.78 Å². The molecule has 4 nitrogen and oxygen atoms in total. The van der Waals surface area contributed by atoms with Crippen molar-refractivity contribution in [1.29, 1.82) is 0 Å². The molecule has 1 rings (SSSR count). The van der Waals surface area contributed by atoms with Crippen LogP contribution in [0, 0.1) is 0 Å². The molecule has 0 aliphatic rings. The van der Waals surface area contributed by atoms with Crippen molar-refractivity contribution in [2.24, 2.45) is 7.05 Å². The molecule has 0 spiro atoms. The Bertz CT molecular complexity index is 301. The van der Waals surface area contributed by atoms with Crippen LogP contribution in [0.15, 0.2) is 18.3 Å². The molecule has 0 bridgehead atoms. The average Bonchev–Trinajstić information content (AvgIpc) is 2.36. The Morgan fingerprint density at radius 1 is 1.75 bits per heavy atom. The first-order valence-electron chi connectivity index (χ1n) is 3.73. The quantitative estimate of drug-likeness (QED) is 0.613. The highest BCUT2D eigenvalue weighted by atomic mass is 16.1. The van der Waals surface area contributed by atoms with E-state index in [0.29, 0.717) is 12.1 Å². The van der Waals surface area contributed by atoms with Crippen molar-refractivity contribution < 1.29 is 4.79 Å². The summed E-state index contributed by atoms with van der Waals surface area (Å²) in [5, 5.41) is 7.52. The molecule has 1 heterocycles. The number of aryl methyl sites for hydroxylation is 1. The topological polar surface area (TPSA) is 47.8 Å². The molecule has 0 unspecified atom stereocenters. The minimum absolute atomic E-state index is 0.0537. The first kappa shape index (κ1) is 8.64. The van der Waals surface area contributed by atoms with E-state index in [2.05, 4.69) is 10.3 Å². The van der Waals surface area contributed by atoms with E-state index in [1.54, 1.807) is 24.0 Å². The van der Waals surface area contributed by atoms with Gasteiger partial charge in [-0.1, -0.05) is 11.3 Å². The number of ketones is 1. The molecule has 0 aliphatic carbocycles. The molecular weight excluding hydrogens is 154 g/mol. The number of hydrogen-bond donors (Lipinski definition) is 0. The maximum absolute atomic E-state index is 11.1. The van der Waals surface area contributed by atoms with Crippen molar-refractivity contribution in [3.05, 3.63) is 24.0 Å². The Balaban J connectivity index is 2.58. The standard InChI is InChI=1S/C8H11N3O/c1-3-4-8(12)5-7-6-11(2)10-9-7/h3-4,6H,5H2,1-2H3/b4-3+. The Labute approximate surface area is 70.9 Å². The summed E-state index contributed by atoms with van der Waals surface area (Å²) in [6.07, 6.45) is 5.33. The zero-order valence-electron chi connectivity index (χ0n) is 7.19. The molecule has 4 heteroatoms. The first-order chi connectivity index (χ1) is 5.72. The van der Waals surface area contributed by atoms with Crippen molar-refractivity contribution in [2.45, 2.75) is 13.3 Å². The van der Waals surface area contributed by atoms with Crippen LogP contribution >= 0.6 is 0 Å². The third-order valence-electron chi connectivity index (χ3n) is 1.36. The Hall–Kier alpha value is -1.45. The molecule has 0 radical (unpaired) electrons. The smallest absolute Gasteiger partial charge is 0.161 e. The van der Waals surface area contributed by atoms with Crippen molar-refractivity contribution in [1.82, 2.24) is 15.0 Å². The van der Waals surface area contributed by atoms with E-state index in [4.69, 9.17) is 0 Å². The Morgan fingerprint density at radius 3 is 3.00 bits per heavy atom. The minimum Gasteiger partial charge on any atom is -0.294 e. The van der Waals surface area contributed by atoms with Crippen LogP contribution in [-0.4, -0.2) is 20.8 Å². The van der Waals surface area contributed by atoms with E-state index in [-0.39, 0.29) is 5.78 Å². The number of aromatic nitrogens is 3. The summed E-state index contributed by atoms with van der Waals surface area (Å²) in [6.45, 7) is 1.81. The Kier molecular flexibility index (Phi) is 2.74. The van der Waals surface area contributed by atoms with Crippen LogP contribution in [0.2, 0.25) is 0 Å². The summed E-state index contributed by atoms with van der Waals surface area (Å²) in [4.78, 5) is 11.1. The van der Waals surface area contributed by atoms with Crippen molar-refractivity contribution in [3.63, 3.8) is 0 Å². The summed E-state index contributed by atoms with van der Waals surface area (Å²) >= 11 is 0. The molecular formula is C8H11N3O. The van der Waals surface area contributed by atoms with E-state index < -0.39 is 0 Å². The molecule has 0 N–H and O–H groups in total. The number of carbonyl (C=O) groups excluding carboxylic acids is 1. The second kappa shape index (κ2) is 3.80. The maximum Gasteiger partial charge on any atom is 0.161 e. The summed E-state index contributed by atoms with van der Waals surface area (Å²) < 4.78 is 1.58. The fourth-order valence-corrected chi connectivity index (χ4v) is 0.900. The fraction of sp³-hybridized carbons (Fsp3) is 0.375. The van der Waals surface area contributed by atoms with Crippen LogP contribution in [0.25, 0.3) is 0 Å². The van der Waals surface area contributed by atoms with E-state index in [1.165, 1.54) is 6.08 Å². The van der Waals surface area contributed by atoms with E-state index in [9.17, 15) is 4.79 Å². The van der Waals surface area contributed by atoms with Gasteiger partial charge in [-0.25, -0.2) is 0 Å². The predicted octanol–water partition coefficient (Wildman–Crippen LogP) is 0.503. The van der Waals surface area contributed by atoms with Gasteiger partial charge in [0, 0.05) is 13.2 Å². The number of rotatable bonds is 3. The largest absolute Gasteiger partial charge is 0.294 e. The number of hydrogen-bond acceptors (Lipinski definition) is 3. The molecule has 0 atom stereocenters. The van der Waals surface area contributed by atoms with E-state index in [0.717, 1.165) is 0 Å². The summed E-state index contributed by atoms with van der Waals surface area (Å²) in [7, 11) is 1.77. The third kappa shape index (κ3) is 2.30. The highest BCUT2D eigenvalue weighted by Crippen LogP contribution is 1.94. The molecule has 0 saturated carbocycles. The lowest BCUT2D eigenvalue weighted by Gasteiger charge is -1.87. The van der Waals surface area contributed by atoms with Crippen LogP contribution in [-0.2, 0) is 18.3 Å². The zero-order valence-corrected chi connectivity index (χ0v) is 7.19. The zero-order chi connectivity index (χ0) is 8.97. The predicted molar refractivity (Wildman–Crippen MR) is 44.5 cm³/mol. The number of nitrogens with zero attached hydrogens (tertiary/aromatic N) is 3. The second-order valence-electron chi connectivity index (χ2n) is 2.53. The van der Waals surface area contributed by atoms with E-state index >= 15 is 0 Å². The van der Waals surface area contributed by atoms with Crippen LogP contribution in [0.5, 0.6) is 0 Å². The van der Waals surface area contributed by atoms with E-state index in [1.807, 2.05) is 6.92 Å². The highest BCUT2D eigenvalue weighted by Gasteiger charge is 2.02. The normalized spacial score (nSPS) is 10.8. The van der Waals surface area contributed by atoms with Gasteiger partial charge in [-0.3, -0.25) is 9.48 Å². The van der Waals surface area contributed by atoms with Crippen LogP contribution < -0.4 is 0 Å². The molecule has 0 aliphatic heterocycles. The molecule has 1 aromatic heterocycles. The van der Waals surface area contributed by atoms with Crippen molar-refractivity contribution in [2.75, 3.05) is 0 Å². The molecule has 0 fully saturated rings. The number of allylic oxidation sites excluding steroid dienone is 2. The minimum atomic E-state index is 0.0537. The van der Waals surface area contributed by atoms with Gasteiger partial charge in [0.1, 0.15) is 0 Å². The van der Waals surface area contributed by atoms with Gasteiger partial charge in [-0.05, 0) is 13.0 Å². The molecule has 0 saturated heterocycles. The second-order valence-corrected chi connectivity index (χ2v) is 2.53. The van der Waals surface area contributed by atoms with Crippen LogP contribution in [0.4, 0.5) is 0 Å². The van der Waals surface area contributed by atoms with Gasteiger partial charge < -0.3 is 0 Å². The lowest BCUT2D eigenvalue weighted by molar-refractivity contribution is -0.114. The molecule has 64 valence electrons. The summed E-state index contributed by atoms with van der Waals surface area (Å²) in [6, 6.07) is 0. The third-order valence-corrected chi connectivity index (χ3v) is 1.36. The summed E-state index contributed by atoms with van der Waals surface area (Å²) in [5.41, 5.74) is 0.709. The fourth-order valence-electron chi connectivity index (χ4n) is 0.900. The first-order valence-corrected chi connectivity index (χ1v) is 3.73. The van der Waals surface area contributed by atoms with Gasteiger partial charge >= 0.3 is 0 Å². The molecule has 0 amide bonds. The Morgan fingerprint density at radius 2 is 2.50 bits per heavy atom. The van der Waals surface area contributed by atoms with Gasteiger partial charge in [0.2, 0.25) is 0 Å². The molecule has 12 heavy (non-hydrogen) atoms. The van der Waals surface area contributed by atoms with Crippen LogP contribution in [0.1, 0.15) is 12.6 Å². The highest BCUT2D eigenvalue weighted by molar-refractivity contribution is 5.90. The van der Waals surface area contributed by atoms with Crippen molar-refractivity contribution >= 4 is 5.78 Å². The van der Waals surface area contributed by atoms with Gasteiger partial charge in [-0.15, -0.1) is 5.10 Å². The molecule has 1 aromatic rings.